The number of fused-ring (bicyclic) bond motifs is 1. The van der Waals surface area contributed by atoms with Gasteiger partial charge in [-0.05, 0) is 36.0 Å². The van der Waals surface area contributed by atoms with Crippen LogP contribution in [-0.2, 0) is 19.3 Å². The van der Waals surface area contributed by atoms with E-state index in [0.29, 0.717) is 30.0 Å². The van der Waals surface area contributed by atoms with Crippen molar-refractivity contribution in [3.63, 3.8) is 0 Å². The van der Waals surface area contributed by atoms with Crippen molar-refractivity contribution in [1.82, 2.24) is 15.6 Å². The molecule has 35 heavy (non-hydrogen) atoms. The monoisotopic (exact) mass is 483 g/mol. The highest BCUT2D eigenvalue weighted by Gasteiger charge is 2.36. The third-order valence-corrected chi connectivity index (χ3v) is 5.46. The predicted molar refractivity (Wildman–Crippen MR) is 125 cm³/mol. The van der Waals surface area contributed by atoms with Crippen LogP contribution in [0.4, 0.5) is 23.2 Å². The molecule has 0 bridgehead atoms. The van der Waals surface area contributed by atoms with Crippen LogP contribution in [0.25, 0.3) is 11.3 Å². The molecule has 0 spiro atoms. The number of alkyl halides is 3. The van der Waals surface area contributed by atoms with Gasteiger partial charge in [0.05, 0.1) is 33.9 Å². The van der Waals surface area contributed by atoms with Crippen molar-refractivity contribution in [3.8, 4) is 11.3 Å². The van der Waals surface area contributed by atoms with E-state index in [1.807, 2.05) is 6.07 Å². The molecule has 3 aromatic rings. The van der Waals surface area contributed by atoms with E-state index >= 15 is 0 Å². The van der Waals surface area contributed by atoms with Crippen molar-refractivity contribution in [3.05, 3.63) is 94.6 Å². The van der Waals surface area contributed by atoms with Crippen LogP contribution < -0.4 is 16.0 Å². The summed E-state index contributed by atoms with van der Waals surface area (Å²) in [6.07, 6.45) is -2.56. The summed E-state index contributed by atoms with van der Waals surface area (Å²) >= 11 is 0. The third kappa shape index (κ3) is 5.07. The average Bonchev–Trinajstić information content (AvgIpc) is 3.29. The van der Waals surface area contributed by atoms with Gasteiger partial charge in [0.1, 0.15) is 5.82 Å². The Hall–Kier alpha value is -4.05. The van der Waals surface area contributed by atoms with Gasteiger partial charge < -0.3 is 21.4 Å². The Balaban J connectivity index is 1.77. The molecule has 0 aliphatic carbocycles. The lowest BCUT2D eigenvalue weighted by atomic mass is 9.98. The fraction of sp³-hybridized carbons (Fsp3) is 0.160. The molecule has 180 valence electrons. The Morgan fingerprint density at radius 2 is 1.86 bits per heavy atom. The molecule has 0 atom stereocenters. The first kappa shape index (κ1) is 24.1. The number of nitrogens with one attached hydrogen (secondary N) is 4. The number of allylic oxidation sites excluding steroid dienone is 1. The standard InChI is InChI=1S/C25H21F4N5O/c1-31-8-7-20(30)16-10-17(19(26)11-18(16)25(27,28)29)24(35)34-21-9-15-12-32-13-22(15)33-23(21)14-5-3-2-4-6-14/h2-11,30-32H,12-13H2,1H3,(H,34,35)/b8-7-,30-20?. The minimum atomic E-state index is -4.91. The van der Waals surface area contributed by atoms with Gasteiger partial charge in [-0.2, -0.15) is 13.2 Å². The molecule has 0 radical (unpaired) electrons. The second-order valence-electron chi connectivity index (χ2n) is 7.83. The van der Waals surface area contributed by atoms with Crippen molar-refractivity contribution in [2.75, 3.05) is 12.4 Å². The lowest BCUT2D eigenvalue weighted by Crippen LogP contribution is -2.19. The van der Waals surface area contributed by atoms with Crippen molar-refractivity contribution in [1.29, 1.82) is 5.41 Å². The number of pyridine rings is 1. The van der Waals surface area contributed by atoms with E-state index in [0.717, 1.165) is 23.4 Å². The van der Waals surface area contributed by atoms with Crippen LogP contribution >= 0.6 is 0 Å². The van der Waals surface area contributed by atoms with Crippen molar-refractivity contribution < 1.29 is 22.4 Å². The molecule has 1 aromatic heterocycles. The Bertz CT molecular complexity index is 1320. The smallest absolute Gasteiger partial charge is 0.394 e. The lowest BCUT2D eigenvalue weighted by Gasteiger charge is -2.16. The van der Waals surface area contributed by atoms with E-state index in [-0.39, 0.29) is 6.07 Å². The Morgan fingerprint density at radius 1 is 1.11 bits per heavy atom. The van der Waals surface area contributed by atoms with Crippen LogP contribution in [0.5, 0.6) is 0 Å². The molecule has 0 saturated carbocycles. The molecular weight excluding hydrogens is 462 g/mol. The average molecular weight is 483 g/mol. The van der Waals surface area contributed by atoms with Crippen molar-refractivity contribution >= 4 is 17.3 Å². The summed E-state index contributed by atoms with van der Waals surface area (Å²) in [6.45, 7) is 1.09. The summed E-state index contributed by atoms with van der Waals surface area (Å²) in [4.78, 5) is 17.7. The molecular formula is C25H21F4N5O. The number of anilines is 1. The van der Waals surface area contributed by atoms with Crippen LogP contribution in [0, 0.1) is 11.2 Å². The van der Waals surface area contributed by atoms with Gasteiger partial charge in [0.15, 0.2) is 0 Å². The summed E-state index contributed by atoms with van der Waals surface area (Å²) < 4.78 is 55.4. The zero-order valence-corrected chi connectivity index (χ0v) is 18.6. The van der Waals surface area contributed by atoms with Gasteiger partial charge >= 0.3 is 6.18 Å². The summed E-state index contributed by atoms with van der Waals surface area (Å²) in [5.41, 5.74) is 0.0346. The maximum absolute atomic E-state index is 14.8. The number of carbonyl (C=O) groups excluding carboxylic acids is 1. The number of hydrogen-bond donors (Lipinski definition) is 4. The van der Waals surface area contributed by atoms with Gasteiger partial charge in [-0.15, -0.1) is 0 Å². The molecule has 1 aliphatic rings. The van der Waals surface area contributed by atoms with Gasteiger partial charge in [0, 0.05) is 31.3 Å². The highest BCUT2D eigenvalue weighted by atomic mass is 19.4. The normalized spacial score (nSPS) is 13.1. The topological polar surface area (TPSA) is 89.9 Å². The molecule has 0 saturated heterocycles. The van der Waals surface area contributed by atoms with Crippen molar-refractivity contribution in [2.45, 2.75) is 19.3 Å². The van der Waals surface area contributed by atoms with Crippen LogP contribution in [0.2, 0.25) is 0 Å². The van der Waals surface area contributed by atoms with Crippen LogP contribution in [-0.4, -0.2) is 23.7 Å². The summed E-state index contributed by atoms with van der Waals surface area (Å²) in [5, 5.41) is 16.4. The SMILES string of the molecule is CN/C=C\C(=N)c1cc(C(=O)Nc2cc3c(nc2-c2ccccc2)CNC3)c(F)cc1C(F)(F)F. The van der Waals surface area contributed by atoms with E-state index in [4.69, 9.17) is 5.41 Å². The molecule has 10 heteroatoms. The molecule has 2 heterocycles. The van der Waals surface area contributed by atoms with Crippen LogP contribution in [0.3, 0.4) is 0 Å². The fourth-order valence-corrected chi connectivity index (χ4v) is 3.78. The molecule has 4 N–H and O–H groups in total. The number of nitrogens with zero attached hydrogens (tertiary/aromatic N) is 1. The first-order valence-electron chi connectivity index (χ1n) is 10.6. The summed E-state index contributed by atoms with van der Waals surface area (Å²) in [5.74, 6) is -2.30. The van der Waals surface area contributed by atoms with Crippen LogP contribution in [0.1, 0.15) is 32.7 Å². The minimum absolute atomic E-state index is 0.245. The third-order valence-electron chi connectivity index (χ3n) is 5.46. The molecule has 0 unspecified atom stereocenters. The number of hydrogen-bond acceptors (Lipinski definition) is 5. The first-order chi connectivity index (χ1) is 16.7. The van der Waals surface area contributed by atoms with E-state index in [1.54, 1.807) is 30.3 Å². The van der Waals surface area contributed by atoms with Crippen LogP contribution in [0.15, 0.2) is 60.8 Å². The number of aromatic nitrogens is 1. The van der Waals surface area contributed by atoms with E-state index < -0.39 is 40.3 Å². The molecule has 2 aromatic carbocycles. The zero-order valence-electron chi connectivity index (χ0n) is 18.6. The summed E-state index contributed by atoms with van der Waals surface area (Å²) in [7, 11) is 1.52. The maximum Gasteiger partial charge on any atom is 0.417 e. The molecule has 1 aliphatic heterocycles. The zero-order chi connectivity index (χ0) is 25.2. The van der Waals surface area contributed by atoms with Crippen molar-refractivity contribution in [2.24, 2.45) is 0 Å². The number of benzene rings is 2. The Kier molecular flexibility index (Phi) is 6.65. The highest BCUT2D eigenvalue weighted by molar-refractivity contribution is 6.11. The maximum atomic E-state index is 14.8. The second kappa shape index (κ2) is 9.67. The number of halogens is 4. The number of rotatable bonds is 6. The fourth-order valence-electron chi connectivity index (χ4n) is 3.78. The number of amides is 1. The van der Waals surface area contributed by atoms with Gasteiger partial charge in [0.2, 0.25) is 0 Å². The second-order valence-corrected chi connectivity index (χ2v) is 7.83. The van der Waals surface area contributed by atoms with Gasteiger partial charge in [-0.3, -0.25) is 4.79 Å². The molecule has 6 nitrogen and oxygen atoms in total. The quantitative estimate of drug-likeness (QED) is 0.298. The van der Waals surface area contributed by atoms with Gasteiger partial charge in [-0.1, -0.05) is 30.3 Å². The molecule has 4 rings (SSSR count). The van der Waals surface area contributed by atoms with E-state index in [2.05, 4.69) is 20.9 Å². The Labute approximate surface area is 198 Å². The first-order valence-corrected chi connectivity index (χ1v) is 10.6. The highest BCUT2D eigenvalue weighted by Crippen LogP contribution is 2.35. The minimum Gasteiger partial charge on any atom is -0.394 e. The van der Waals surface area contributed by atoms with E-state index in [9.17, 15) is 22.4 Å². The Morgan fingerprint density at radius 3 is 2.54 bits per heavy atom. The summed E-state index contributed by atoms with van der Waals surface area (Å²) in [6, 6.07) is 11.8. The largest absolute Gasteiger partial charge is 0.417 e. The molecule has 1 amide bonds. The van der Waals surface area contributed by atoms with E-state index in [1.165, 1.54) is 13.2 Å². The van der Waals surface area contributed by atoms with Gasteiger partial charge in [0.25, 0.3) is 5.91 Å². The predicted octanol–water partition coefficient (Wildman–Crippen LogP) is 4.86. The number of carbonyl (C=O) groups is 1. The van der Waals surface area contributed by atoms with Gasteiger partial charge in [-0.25, -0.2) is 9.37 Å². The lowest BCUT2D eigenvalue weighted by molar-refractivity contribution is -0.137. The molecule has 0 fully saturated rings.